The van der Waals surface area contributed by atoms with Crippen molar-refractivity contribution >= 4 is 37.5 Å². The van der Waals surface area contributed by atoms with Crippen LogP contribution in [0.1, 0.15) is 0 Å². The molecule has 5 aromatic rings. The fourth-order valence-electron chi connectivity index (χ4n) is 3.53. The lowest BCUT2D eigenvalue weighted by atomic mass is 10.3. The summed E-state index contributed by atoms with van der Waals surface area (Å²) in [5, 5.41) is 4.72. The van der Waals surface area contributed by atoms with Crippen LogP contribution in [0.3, 0.4) is 0 Å². The smallest absolute Gasteiger partial charge is 0.150 e. The SMILES string of the molecule is c1ccc(P(Oc2ccc(OP(c3ccccc3)c3ccccc3)cc2)c2ccccc2)cc1. The third kappa shape index (κ3) is 5.54. The van der Waals surface area contributed by atoms with Crippen LogP contribution in [-0.4, -0.2) is 0 Å². The number of rotatable bonds is 8. The van der Waals surface area contributed by atoms with Gasteiger partial charge in [-0.3, -0.25) is 0 Å². The van der Waals surface area contributed by atoms with Crippen LogP contribution in [0.4, 0.5) is 0 Å². The topological polar surface area (TPSA) is 18.5 Å². The zero-order chi connectivity index (χ0) is 23.0. The van der Waals surface area contributed by atoms with Gasteiger partial charge in [-0.05, 0) is 24.3 Å². The molecule has 2 nitrogen and oxygen atoms in total. The van der Waals surface area contributed by atoms with E-state index in [2.05, 4.69) is 97.1 Å². The van der Waals surface area contributed by atoms with E-state index in [0.717, 1.165) is 11.5 Å². The van der Waals surface area contributed by atoms with E-state index in [4.69, 9.17) is 9.05 Å². The first kappa shape index (κ1) is 22.4. The summed E-state index contributed by atoms with van der Waals surface area (Å²) in [6.45, 7) is 0. The van der Waals surface area contributed by atoms with E-state index in [1.54, 1.807) is 0 Å². The maximum absolute atomic E-state index is 6.53. The Balaban J connectivity index is 1.38. The molecule has 0 N–H and O–H groups in total. The van der Waals surface area contributed by atoms with Crippen LogP contribution in [0.15, 0.2) is 146 Å². The second kappa shape index (κ2) is 11.1. The molecule has 0 heterocycles. The molecule has 0 fully saturated rings. The van der Waals surface area contributed by atoms with Gasteiger partial charge in [0, 0.05) is 21.2 Å². The lowest BCUT2D eigenvalue weighted by molar-refractivity contribution is 0.612. The van der Waals surface area contributed by atoms with Gasteiger partial charge in [-0.25, -0.2) is 0 Å². The quantitative estimate of drug-likeness (QED) is 0.236. The Morgan fingerprint density at radius 2 is 0.529 bits per heavy atom. The second-order valence-electron chi connectivity index (χ2n) is 7.58. The first-order valence-electron chi connectivity index (χ1n) is 11.1. The van der Waals surface area contributed by atoms with Crippen molar-refractivity contribution in [3.63, 3.8) is 0 Å². The van der Waals surface area contributed by atoms with Crippen LogP contribution < -0.4 is 30.3 Å². The van der Waals surface area contributed by atoms with E-state index in [9.17, 15) is 0 Å². The molecule has 5 aromatic carbocycles. The number of hydrogen-bond acceptors (Lipinski definition) is 2. The Morgan fingerprint density at radius 3 is 0.765 bits per heavy atom. The molecule has 0 aliphatic rings. The van der Waals surface area contributed by atoms with Crippen molar-refractivity contribution in [3.8, 4) is 11.5 Å². The first-order valence-corrected chi connectivity index (χ1v) is 13.7. The number of benzene rings is 5. The predicted octanol–water partition coefficient (Wildman–Crippen LogP) is 6.54. The third-order valence-corrected chi connectivity index (χ3v) is 9.04. The maximum atomic E-state index is 6.53. The Hall–Kier alpha value is -3.44. The van der Waals surface area contributed by atoms with Crippen LogP contribution in [0.5, 0.6) is 11.5 Å². The fraction of sp³-hybridized carbons (Fsp3) is 0. The standard InChI is InChI=1S/C30H24O2P2/c1-5-13-27(14-6-1)33(28-15-7-2-8-16-28)31-25-21-23-26(24-22-25)32-34(29-17-9-3-10-18-29)30-19-11-4-12-20-30/h1-24H. The highest BCUT2D eigenvalue weighted by atomic mass is 31.1. The molecule has 0 saturated heterocycles. The molecule has 0 saturated carbocycles. The zero-order valence-electron chi connectivity index (χ0n) is 18.6. The Morgan fingerprint density at radius 1 is 0.294 bits per heavy atom. The summed E-state index contributed by atoms with van der Waals surface area (Å²) < 4.78 is 13.1. The minimum absolute atomic E-state index is 0.829. The van der Waals surface area contributed by atoms with Crippen LogP contribution in [0.2, 0.25) is 0 Å². The van der Waals surface area contributed by atoms with Gasteiger partial charge in [-0.15, -0.1) is 0 Å². The monoisotopic (exact) mass is 478 g/mol. The molecular formula is C30H24O2P2. The van der Waals surface area contributed by atoms with Crippen molar-refractivity contribution < 1.29 is 9.05 Å². The summed E-state index contributed by atoms with van der Waals surface area (Å²) in [5.41, 5.74) is 0. The van der Waals surface area contributed by atoms with Crippen molar-refractivity contribution in [2.45, 2.75) is 0 Å². The molecule has 5 rings (SSSR count). The van der Waals surface area contributed by atoms with E-state index < -0.39 is 16.3 Å². The van der Waals surface area contributed by atoms with E-state index in [1.165, 1.54) is 21.2 Å². The molecule has 0 aliphatic heterocycles. The maximum Gasteiger partial charge on any atom is 0.150 e. The minimum Gasteiger partial charge on any atom is -0.464 e. The van der Waals surface area contributed by atoms with Crippen molar-refractivity contribution in [1.82, 2.24) is 0 Å². The molecule has 4 heteroatoms. The Kier molecular flexibility index (Phi) is 7.31. The van der Waals surface area contributed by atoms with Crippen LogP contribution in [0.25, 0.3) is 0 Å². The summed E-state index contributed by atoms with van der Waals surface area (Å²) >= 11 is 0. The van der Waals surface area contributed by atoms with Crippen molar-refractivity contribution in [3.05, 3.63) is 146 Å². The predicted molar refractivity (Wildman–Crippen MR) is 146 cm³/mol. The highest BCUT2D eigenvalue weighted by molar-refractivity contribution is 7.69. The summed E-state index contributed by atoms with van der Waals surface area (Å²) in [5.74, 6) is 1.66. The van der Waals surface area contributed by atoms with Crippen molar-refractivity contribution in [2.24, 2.45) is 0 Å². The highest BCUT2D eigenvalue weighted by Gasteiger charge is 2.19. The van der Waals surface area contributed by atoms with Crippen molar-refractivity contribution in [2.75, 3.05) is 0 Å². The highest BCUT2D eigenvalue weighted by Crippen LogP contribution is 2.40. The van der Waals surface area contributed by atoms with Gasteiger partial charge in [0.25, 0.3) is 0 Å². The van der Waals surface area contributed by atoms with Gasteiger partial charge in [-0.2, -0.15) is 0 Å². The van der Waals surface area contributed by atoms with Crippen LogP contribution in [0, 0.1) is 0 Å². The average molecular weight is 478 g/mol. The molecule has 166 valence electrons. The summed E-state index contributed by atoms with van der Waals surface area (Å²) in [7, 11) is -1.93. The summed E-state index contributed by atoms with van der Waals surface area (Å²) in [6, 6.07) is 49.6. The molecule has 0 bridgehead atoms. The van der Waals surface area contributed by atoms with Gasteiger partial charge in [0.05, 0.1) is 0 Å². The van der Waals surface area contributed by atoms with Gasteiger partial charge < -0.3 is 9.05 Å². The minimum atomic E-state index is -0.963. The molecule has 34 heavy (non-hydrogen) atoms. The first-order chi connectivity index (χ1) is 16.9. The van der Waals surface area contributed by atoms with Gasteiger partial charge in [0.15, 0.2) is 16.3 Å². The molecule has 0 aliphatic carbocycles. The lowest BCUT2D eigenvalue weighted by Crippen LogP contribution is -2.15. The Labute approximate surface area is 203 Å². The molecule has 0 unspecified atom stereocenters. The van der Waals surface area contributed by atoms with Gasteiger partial charge in [-0.1, -0.05) is 121 Å². The summed E-state index contributed by atoms with van der Waals surface area (Å²) in [4.78, 5) is 0. The molecule has 0 spiro atoms. The van der Waals surface area contributed by atoms with Gasteiger partial charge >= 0.3 is 0 Å². The third-order valence-electron chi connectivity index (χ3n) is 5.18. The van der Waals surface area contributed by atoms with Crippen LogP contribution in [-0.2, 0) is 0 Å². The average Bonchev–Trinajstić information content (AvgIpc) is 2.93. The largest absolute Gasteiger partial charge is 0.464 e. The molecule has 0 amide bonds. The van der Waals surface area contributed by atoms with E-state index in [1.807, 2.05) is 48.5 Å². The molecule has 0 radical (unpaired) electrons. The van der Waals surface area contributed by atoms with Gasteiger partial charge in [0.2, 0.25) is 0 Å². The fourth-order valence-corrected chi connectivity index (χ4v) is 6.99. The number of hydrogen-bond donors (Lipinski definition) is 0. The van der Waals surface area contributed by atoms with E-state index >= 15 is 0 Å². The molecular weight excluding hydrogens is 454 g/mol. The summed E-state index contributed by atoms with van der Waals surface area (Å²) in [6.07, 6.45) is 0. The lowest BCUT2D eigenvalue weighted by Gasteiger charge is -2.21. The van der Waals surface area contributed by atoms with Gasteiger partial charge in [0.1, 0.15) is 11.5 Å². The zero-order valence-corrected chi connectivity index (χ0v) is 20.4. The molecule has 0 atom stereocenters. The molecule has 0 aromatic heterocycles. The van der Waals surface area contributed by atoms with Crippen molar-refractivity contribution in [1.29, 1.82) is 0 Å². The van der Waals surface area contributed by atoms with E-state index in [-0.39, 0.29) is 0 Å². The second-order valence-corrected chi connectivity index (χ2v) is 11.2. The Bertz CT molecular complexity index is 1100. The van der Waals surface area contributed by atoms with E-state index in [0.29, 0.717) is 0 Å². The van der Waals surface area contributed by atoms with Crippen LogP contribution >= 0.6 is 16.3 Å². The normalized spacial score (nSPS) is 10.9.